The fourth-order valence-electron chi connectivity index (χ4n) is 0.845. The molecule has 1 rings (SSSR count). The van der Waals surface area contributed by atoms with Crippen molar-refractivity contribution in [2.24, 2.45) is 0 Å². The van der Waals surface area contributed by atoms with Gasteiger partial charge in [0, 0.05) is 0 Å². The molecule has 0 unspecified atom stereocenters. The molecule has 0 aliphatic carbocycles. The van der Waals surface area contributed by atoms with Gasteiger partial charge in [-0.15, -0.1) is 5.10 Å². The number of hydrogen-bond acceptors (Lipinski definition) is 3. The van der Waals surface area contributed by atoms with E-state index in [1.54, 1.807) is 4.68 Å². The van der Waals surface area contributed by atoms with Crippen LogP contribution in [0.15, 0.2) is 6.20 Å². The molecule has 0 bridgehead atoms. The summed E-state index contributed by atoms with van der Waals surface area (Å²) in [5, 5.41) is 7.43. The summed E-state index contributed by atoms with van der Waals surface area (Å²) in [6.45, 7) is 5.90. The van der Waals surface area contributed by atoms with Gasteiger partial charge in [0.1, 0.15) is 5.69 Å². The van der Waals surface area contributed by atoms with Gasteiger partial charge in [-0.05, 0) is 20.8 Å². The van der Waals surface area contributed by atoms with Crippen molar-refractivity contribution in [3.05, 3.63) is 11.9 Å². The van der Waals surface area contributed by atoms with Gasteiger partial charge in [0.2, 0.25) is 0 Å². The lowest BCUT2D eigenvalue weighted by Crippen LogP contribution is -2.25. The third-order valence-electron chi connectivity index (χ3n) is 1.33. The predicted octanol–water partition coefficient (Wildman–Crippen LogP) is 0.846. The van der Waals surface area contributed by atoms with Gasteiger partial charge < -0.3 is 0 Å². The molecular weight excluding hydrogens is 142 g/mol. The Morgan fingerprint density at radius 3 is 2.55 bits per heavy atom. The molecule has 0 saturated carbocycles. The lowest BCUT2D eigenvalue weighted by molar-refractivity contribution is 0.110. The highest BCUT2D eigenvalue weighted by atomic mass is 16.1. The van der Waals surface area contributed by atoms with Crippen molar-refractivity contribution in [3.8, 4) is 0 Å². The summed E-state index contributed by atoms with van der Waals surface area (Å²) in [4.78, 5) is 10.4. The smallest absolute Gasteiger partial charge is 0.169 e. The maximum atomic E-state index is 10.4. The Kier molecular flexibility index (Phi) is 1.76. The average molecular weight is 153 g/mol. The van der Waals surface area contributed by atoms with Crippen molar-refractivity contribution < 1.29 is 4.79 Å². The largest absolute Gasteiger partial charge is 0.296 e. The van der Waals surface area contributed by atoms with Crippen LogP contribution in [0, 0.1) is 0 Å². The summed E-state index contributed by atoms with van der Waals surface area (Å²) in [6.07, 6.45) is 2.21. The number of aromatic nitrogens is 3. The van der Waals surface area contributed by atoms with Gasteiger partial charge in [0.05, 0.1) is 11.7 Å². The minimum Gasteiger partial charge on any atom is -0.296 e. The number of rotatable bonds is 1. The Balaban J connectivity index is 3.12. The lowest BCUT2D eigenvalue weighted by Gasteiger charge is -2.18. The molecule has 60 valence electrons. The van der Waals surface area contributed by atoms with E-state index in [9.17, 15) is 4.79 Å². The van der Waals surface area contributed by atoms with Crippen LogP contribution in [0.25, 0.3) is 0 Å². The molecule has 0 aromatic carbocycles. The summed E-state index contributed by atoms with van der Waals surface area (Å²) < 4.78 is 1.60. The second kappa shape index (κ2) is 2.45. The molecule has 1 aromatic heterocycles. The summed E-state index contributed by atoms with van der Waals surface area (Å²) in [6, 6.07) is 0. The van der Waals surface area contributed by atoms with Crippen LogP contribution in [0.5, 0.6) is 0 Å². The third kappa shape index (κ3) is 1.45. The minimum absolute atomic E-state index is 0.174. The van der Waals surface area contributed by atoms with Gasteiger partial charge in [-0.25, -0.2) is 4.68 Å². The Morgan fingerprint density at radius 1 is 1.55 bits per heavy atom. The van der Waals surface area contributed by atoms with E-state index in [4.69, 9.17) is 0 Å². The van der Waals surface area contributed by atoms with Crippen molar-refractivity contribution in [2.45, 2.75) is 26.3 Å². The van der Waals surface area contributed by atoms with Gasteiger partial charge in [0.15, 0.2) is 6.29 Å². The highest BCUT2D eigenvalue weighted by Crippen LogP contribution is 2.12. The summed E-state index contributed by atoms with van der Waals surface area (Å²) in [5.74, 6) is 0. The summed E-state index contributed by atoms with van der Waals surface area (Å²) >= 11 is 0. The van der Waals surface area contributed by atoms with E-state index >= 15 is 0 Å². The van der Waals surface area contributed by atoms with Crippen LogP contribution in [-0.4, -0.2) is 21.3 Å². The first-order valence-electron chi connectivity index (χ1n) is 3.42. The van der Waals surface area contributed by atoms with E-state index in [1.807, 2.05) is 20.8 Å². The van der Waals surface area contributed by atoms with Gasteiger partial charge in [-0.2, -0.15) is 0 Å². The zero-order chi connectivity index (χ0) is 8.48. The number of aldehydes is 1. The number of carbonyl (C=O) groups excluding carboxylic acids is 1. The van der Waals surface area contributed by atoms with Gasteiger partial charge in [-0.1, -0.05) is 5.21 Å². The minimum atomic E-state index is -0.174. The first-order chi connectivity index (χ1) is 5.05. The quantitative estimate of drug-likeness (QED) is 0.562. The molecule has 0 radical (unpaired) electrons. The average Bonchev–Trinajstić information content (AvgIpc) is 2.31. The molecule has 11 heavy (non-hydrogen) atoms. The monoisotopic (exact) mass is 153 g/mol. The van der Waals surface area contributed by atoms with Gasteiger partial charge in [-0.3, -0.25) is 4.79 Å². The molecule has 0 fully saturated rings. The fourth-order valence-corrected chi connectivity index (χ4v) is 0.845. The maximum absolute atomic E-state index is 10.4. The number of hydrogen-bond donors (Lipinski definition) is 0. The van der Waals surface area contributed by atoms with Crippen LogP contribution in [0.1, 0.15) is 31.3 Å². The Morgan fingerprint density at radius 2 is 2.18 bits per heavy atom. The SMILES string of the molecule is CC(C)(C)n1nncc1C=O. The van der Waals surface area contributed by atoms with Crippen LogP contribution in [0.3, 0.4) is 0 Å². The number of nitrogens with zero attached hydrogens (tertiary/aromatic N) is 3. The molecule has 0 spiro atoms. The van der Waals surface area contributed by atoms with Crippen LogP contribution in [0.2, 0.25) is 0 Å². The van der Waals surface area contributed by atoms with Crippen molar-refractivity contribution in [3.63, 3.8) is 0 Å². The van der Waals surface area contributed by atoms with E-state index < -0.39 is 0 Å². The zero-order valence-electron chi connectivity index (χ0n) is 6.90. The van der Waals surface area contributed by atoms with Crippen LogP contribution < -0.4 is 0 Å². The van der Waals surface area contributed by atoms with Gasteiger partial charge in [0.25, 0.3) is 0 Å². The molecular formula is C7H11N3O. The highest BCUT2D eigenvalue weighted by Gasteiger charge is 2.17. The molecule has 4 heteroatoms. The van der Waals surface area contributed by atoms with E-state index in [0.29, 0.717) is 5.69 Å². The van der Waals surface area contributed by atoms with Crippen molar-refractivity contribution in [2.75, 3.05) is 0 Å². The molecule has 0 aliphatic heterocycles. The normalized spacial score (nSPS) is 11.5. The molecule has 0 atom stereocenters. The molecule has 1 aromatic rings. The summed E-state index contributed by atoms with van der Waals surface area (Å²) in [7, 11) is 0. The molecule has 4 nitrogen and oxygen atoms in total. The first kappa shape index (κ1) is 7.91. The molecule has 0 aliphatic rings. The first-order valence-corrected chi connectivity index (χ1v) is 3.42. The second-order valence-electron chi connectivity index (χ2n) is 3.36. The van der Waals surface area contributed by atoms with E-state index in [-0.39, 0.29) is 5.54 Å². The molecule has 0 saturated heterocycles. The summed E-state index contributed by atoms with van der Waals surface area (Å²) in [5.41, 5.74) is 0.338. The Bertz CT molecular complexity index is 259. The van der Waals surface area contributed by atoms with Crippen LogP contribution in [-0.2, 0) is 5.54 Å². The standard InChI is InChI=1S/C7H11N3O/c1-7(2,3)10-6(5-11)4-8-9-10/h4-5H,1-3H3. The molecule has 0 amide bonds. The predicted molar refractivity (Wildman–Crippen MR) is 40.4 cm³/mol. The Labute approximate surface area is 65.2 Å². The fraction of sp³-hybridized carbons (Fsp3) is 0.571. The van der Waals surface area contributed by atoms with E-state index in [0.717, 1.165) is 6.29 Å². The Hall–Kier alpha value is -1.19. The third-order valence-corrected chi connectivity index (χ3v) is 1.33. The van der Waals surface area contributed by atoms with E-state index in [1.165, 1.54) is 6.20 Å². The molecule has 1 heterocycles. The number of carbonyl (C=O) groups is 1. The van der Waals surface area contributed by atoms with Crippen molar-refractivity contribution >= 4 is 6.29 Å². The molecule has 0 N–H and O–H groups in total. The van der Waals surface area contributed by atoms with Crippen molar-refractivity contribution in [1.82, 2.24) is 15.0 Å². The zero-order valence-corrected chi connectivity index (χ0v) is 6.90. The van der Waals surface area contributed by atoms with E-state index in [2.05, 4.69) is 10.3 Å². The lowest BCUT2D eigenvalue weighted by atomic mass is 10.1. The van der Waals surface area contributed by atoms with Gasteiger partial charge >= 0.3 is 0 Å². The van der Waals surface area contributed by atoms with Crippen LogP contribution >= 0.6 is 0 Å². The second-order valence-corrected chi connectivity index (χ2v) is 3.36. The topological polar surface area (TPSA) is 47.8 Å². The highest BCUT2D eigenvalue weighted by molar-refractivity contribution is 5.71. The van der Waals surface area contributed by atoms with Crippen molar-refractivity contribution in [1.29, 1.82) is 0 Å². The maximum Gasteiger partial charge on any atom is 0.169 e. The van der Waals surface area contributed by atoms with Crippen LogP contribution in [0.4, 0.5) is 0 Å².